The lowest BCUT2D eigenvalue weighted by molar-refractivity contribution is -0.116. The number of hydrogen-bond donors (Lipinski definition) is 2. The number of carbonyl (C=O) groups is 1. The molecular formula is C26H24N4O. The molecule has 5 heteroatoms. The van der Waals surface area contributed by atoms with Gasteiger partial charge in [-0.2, -0.15) is 0 Å². The molecule has 1 amide bonds. The molecule has 1 aromatic heterocycles. The molecule has 0 radical (unpaired) electrons. The van der Waals surface area contributed by atoms with Crippen LogP contribution in [0.3, 0.4) is 0 Å². The second-order valence-electron chi connectivity index (χ2n) is 7.29. The molecule has 0 aliphatic carbocycles. The van der Waals surface area contributed by atoms with Gasteiger partial charge in [-0.15, -0.1) is 0 Å². The smallest absolute Gasteiger partial charge is 0.224 e. The third-order valence-corrected chi connectivity index (χ3v) is 4.81. The van der Waals surface area contributed by atoms with Gasteiger partial charge >= 0.3 is 0 Å². The number of rotatable bonds is 7. The summed E-state index contributed by atoms with van der Waals surface area (Å²) in [4.78, 5) is 21.4. The summed E-state index contributed by atoms with van der Waals surface area (Å²) in [5.74, 6) is 1.39. The van der Waals surface area contributed by atoms with Gasteiger partial charge in [0.05, 0.1) is 5.69 Å². The average molecular weight is 409 g/mol. The Bertz CT molecular complexity index is 1160. The molecular weight excluding hydrogens is 384 g/mol. The lowest BCUT2D eigenvalue weighted by Gasteiger charge is -2.11. The van der Waals surface area contributed by atoms with Gasteiger partial charge in [-0.3, -0.25) is 4.79 Å². The molecule has 31 heavy (non-hydrogen) atoms. The van der Waals surface area contributed by atoms with Crippen LogP contribution in [0.5, 0.6) is 0 Å². The van der Waals surface area contributed by atoms with E-state index in [2.05, 4.69) is 20.6 Å². The van der Waals surface area contributed by atoms with Crippen molar-refractivity contribution in [1.29, 1.82) is 0 Å². The standard InChI is InChI=1S/C26H24N4O/c1-19-27-24(21-11-6-3-7-12-21)18-25(28-19)29-22-13-8-14-23(17-22)30-26(31)16-15-20-9-4-2-5-10-20/h2-14,17-18H,15-16H2,1H3,(H,30,31)(H,27,28,29). The Morgan fingerprint density at radius 1 is 0.806 bits per heavy atom. The van der Waals surface area contributed by atoms with E-state index in [9.17, 15) is 4.79 Å². The van der Waals surface area contributed by atoms with Crippen LogP contribution in [0.15, 0.2) is 91.0 Å². The van der Waals surface area contributed by atoms with Crippen molar-refractivity contribution in [1.82, 2.24) is 9.97 Å². The number of nitrogens with zero attached hydrogens (tertiary/aromatic N) is 2. The van der Waals surface area contributed by atoms with Gasteiger partial charge in [0, 0.05) is 29.4 Å². The summed E-state index contributed by atoms with van der Waals surface area (Å²) in [6.07, 6.45) is 1.15. The lowest BCUT2D eigenvalue weighted by atomic mass is 10.1. The Balaban J connectivity index is 1.43. The number of carbonyl (C=O) groups excluding carboxylic acids is 1. The number of hydrogen-bond acceptors (Lipinski definition) is 4. The Kier molecular flexibility index (Phi) is 6.33. The van der Waals surface area contributed by atoms with E-state index >= 15 is 0 Å². The van der Waals surface area contributed by atoms with E-state index in [0.29, 0.717) is 24.5 Å². The van der Waals surface area contributed by atoms with Gasteiger partial charge in [-0.25, -0.2) is 9.97 Å². The highest BCUT2D eigenvalue weighted by atomic mass is 16.1. The van der Waals surface area contributed by atoms with Crippen LogP contribution in [-0.2, 0) is 11.2 Å². The maximum Gasteiger partial charge on any atom is 0.224 e. The number of amides is 1. The predicted molar refractivity (Wildman–Crippen MR) is 125 cm³/mol. The summed E-state index contributed by atoms with van der Waals surface area (Å²) in [5, 5.41) is 6.30. The SMILES string of the molecule is Cc1nc(Nc2cccc(NC(=O)CCc3ccccc3)c2)cc(-c2ccccc2)n1. The summed E-state index contributed by atoms with van der Waals surface area (Å²) < 4.78 is 0. The fraction of sp³-hybridized carbons (Fsp3) is 0.115. The van der Waals surface area contributed by atoms with E-state index in [4.69, 9.17) is 0 Å². The van der Waals surface area contributed by atoms with Crippen LogP contribution in [0.25, 0.3) is 11.3 Å². The molecule has 0 saturated heterocycles. The van der Waals surface area contributed by atoms with Crippen molar-refractivity contribution < 1.29 is 4.79 Å². The fourth-order valence-electron chi connectivity index (χ4n) is 3.34. The van der Waals surface area contributed by atoms with E-state index in [1.54, 1.807) is 0 Å². The van der Waals surface area contributed by atoms with Gasteiger partial charge in [0.25, 0.3) is 0 Å². The van der Waals surface area contributed by atoms with E-state index in [1.807, 2.05) is 97.9 Å². The molecule has 0 bridgehead atoms. The zero-order chi connectivity index (χ0) is 21.5. The number of aromatic nitrogens is 2. The molecule has 3 aromatic carbocycles. The van der Waals surface area contributed by atoms with Gasteiger partial charge < -0.3 is 10.6 Å². The zero-order valence-corrected chi connectivity index (χ0v) is 17.4. The minimum Gasteiger partial charge on any atom is -0.340 e. The second kappa shape index (κ2) is 9.67. The maximum absolute atomic E-state index is 12.3. The highest BCUT2D eigenvalue weighted by molar-refractivity contribution is 5.91. The first kappa shape index (κ1) is 20.3. The van der Waals surface area contributed by atoms with Crippen molar-refractivity contribution in [3.8, 4) is 11.3 Å². The van der Waals surface area contributed by atoms with Crippen LogP contribution < -0.4 is 10.6 Å². The number of aryl methyl sites for hydroxylation is 2. The number of benzene rings is 3. The largest absolute Gasteiger partial charge is 0.340 e. The topological polar surface area (TPSA) is 66.9 Å². The molecule has 0 aliphatic rings. The first-order chi connectivity index (χ1) is 15.2. The second-order valence-corrected chi connectivity index (χ2v) is 7.29. The maximum atomic E-state index is 12.3. The first-order valence-electron chi connectivity index (χ1n) is 10.3. The molecule has 0 saturated carbocycles. The third kappa shape index (κ3) is 5.76. The molecule has 0 aliphatic heterocycles. The summed E-state index contributed by atoms with van der Waals surface area (Å²) in [7, 11) is 0. The summed E-state index contributed by atoms with van der Waals surface area (Å²) in [6.45, 7) is 1.88. The number of nitrogens with one attached hydrogen (secondary N) is 2. The van der Waals surface area contributed by atoms with E-state index in [-0.39, 0.29) is 5.91 Å². The summed E-state index contributed by atoms with van der Waals surface area (Å²) in [5.41, 5.74) is 4.65. The highest BCUT2D eigenvalue weighted by Gasteiger charge is 2.07. The quantitative estimate of drug-likeness (QED) is 0.408. The molecule has 5 nitrogen and oxygen atoms in total. The van der Waals surface area contributed by atoms with Crippen LogP contribution in [0, 0.1) is 6.92 Å². The molecule has 1 heterocycles. The zero-order valence-electron chi connectivity index (χ0n) is 17.4. The molecule has 154 valence electrons. The molecule has 2 N–H and O–H groups in total. The molecule has 0 atom stereocenters. The van der Waals surface area contributed by atoms with Crippen LogP contribution in [0.2, 0.25) is 0 Å². The summed E-state index contributed by atoms with van der Waals surface area (Å²) in [6, 6.07) is 29.6. The fourth-order valence-corrected chi connectivity index (χ4v) is 3.34. The van der Waals surface area contributed by atoms with Crippen molar-refractivity contribution in [2.45, 2.75) is 19.8 Å². The third-order valence-electron chi connectivity index (χ3n) is 4.81. The Hall–Kier alpha value is -3.99. The highest BCUT2D eigenvalue weighted by Crippen LogP contribution is 2.23. The van der Waals surface area contributed by atoms with Crippen molar-refractivity contribution in [3.05, 3.63) is 102 Å². The van der Waals surface area contributed by atoms with Gasteiger partial charge in [0.15, 0.2) is 0 Å². The van der Waals surface area contributed by atoms with Crippen molar-refractivity contribution in [2.75, 3.05) is 10.6 Å². The van der Waals surface area contributed by atoms with Gasteiger partial charge in [-0.05, 0) is 37.1 Å². The van der Waals surface area contributed by atoms with E-state index in [1.165, 1.54) is 0 Å². The molecule has 0 spiro atoms. The van der Waals surface area contributed by atoms with Gasteiger partial charge in [-0.1, -0.05) is 66.7 Å². The van der Waals surface area contributed by atoms with Gasteiger partial charge in [0.2, 0.25) is 5.91 Å². The molecule has 0 fully saturated rings. The van der Waals surface area contributed by atoms with E-state index in [0.717, 1.165) is 28.2 Å². The van der Waals surface area contributed by atoms with Crippen LogP contribution >= 0.6 is 0 Å². The van der Waals surface area contributed by atoms with Crippen LogP contribution in [0.1, 0.15) is 17.8 Å². The van der Waals surface area contributed by atoms with Crippen molar-refractivity contribution in [2.24, 2.45) is 0 Å². The normalized spacial score (nSPS) is 10.5. The van der Waals surface area contributed by atoms with Crippen molar-refractivity contribution in [3.63, 3.8) is 0 Å². The summed E-state index contributed by atoms with van der Waals surface area (Å²) >= 11 is 0. The number of anilines is 3. The van der Waals surface area contributed by atoms with Gasteiger partial charge in [0.1, 0.15) is 11.6 Å². The Morgan fingerprint density at radius 2 is 1.52 bits per heavy atom. The molecule has 4 aromatic rings. The minimum atomic E-state index is -0.00903. The van der Waals surface area contributed by atoms with Crippen LogP contribution in [-0.4, -0.2) is 15.9 Å². The Labute approximate surface area is 182 Å². The van der Waals surface area contributed by atoms with E-state index < -0.39 is 0 Å². The lowest BCUT2D eigenvalue weighted by Crippen LogP contribution is -2.12. The average Bonchev–Trinajstić information content (AvgIpc) is 2.79. The predicted octanol–water partition coefficient (Wildman–Crippen LogP) is 5.77. The Morgan fingerprint density at radius 3 is 2.29 bits per heavy atom. The van der Waals surface area contributed by atoms with Crippen molar-refractivity contribution >= 4 is 23.1 Å². The molecule has 4 rings (SSSR count). The monoisotopic (exact) mass is 408 g/mol. The van der Waals surface area contributed by atoms with Crippen LogP contribution in [0.4, 0.5) is 17.2 Å². The minimum absolute atomic E-state index is 0.00903. The molecule has 0 unspecified atom stereocenters. The first-order valence-corrected chi connectivity index (χ1v) is 10.3.